The van der Waals surface area contributed by atoms with Gasteiger partial charge in [0.2, 0.25) is 5.79 Å². The number of hydrogen-bond acceptors (Lipinski definition) is 9. The van der Waals surface area contributed by atoms with Gasteiger partial charge in [0.05, 0.1) is 31.7 Å². The molecule has 0 aromatic heterocycles. The van der Waals surface area contributed by atoms with E-state index in [1.54, 1.807) is 0 Å². The molecule has 9 heteroatoms. The largest absolute Gasteiger partial charge is 0.471 e. The van der Waals surface area contributed by atoms with E-state index in [-0.39, 0.29) is 12.2 Å². The third-order valence-electron chi connectivity index (χ3n) is 6.22. The van der Waals surface area contributed by atoms with Crippen LogP contribution in [-0.4, -0.2) is 117 Å². The van der Waals surface area contributed by atoms with Crippen molar-refractivity contribution < 1.29 is 28.4 Å². The molecule has 0 bridgehead atoms. The SMILES string of the molecule is C=COC(C)(C)OCN1CCN(CC2COC(C)(C)O2)CCN(CC2COC(C)(C)O2)CC1. The monoisotopic (exact) mass is 471 g/mol. The summed E-state index contributed by atoms with van der Waals surface area (Å²) in [6, 6.07) is 0. The van der Waals surface area contributed by atoms with Crippen molar-refractivity contribution in [2.45, 2.75) is 71.1 Å². The Balaban J connectivity index is 1.60. The molecule has 0 saturated carbocycles. The maximum atomic E-state index is 6.08. The smallest absolute Gasteiger partial charge is 0.205 e. The average molecular weight is 472 g/mol. The van der Waals surface area contributed by atoms with Gasteiger partial charge in [-0.05, 0) is 27.7 Å². The third-order valence-corrected chi connectivity index (χ3v) is 6.22. The first kappa shape index (κ1) is 26.8. The predicted octanol–water partition coefficient (Wildman–Crippen LogP) is 2.08. The molecule has 0 spiro atoms. The zero-order valence-electron chi connectivity index (χ0n) is 21.5. The summed E-state index contributed by atoms with van der Waals surface area (Å²) >= 11 is 0. The molecular weight excluding hydrogens is 426 g/mol. The van der Waals surface area contributed by atoms with E-state index in [0.717, 1.165) is 52.4 Å². The fourth-order valence-corrected chi connectivity index (χ4v) is 4.44. The number of ether oxygens (including phenoxy) is 6. The van der Waals surface area contributed by atoms with Crippen LogP contribution in [0.15, 0.2) is 12.8 Å². The lowest BCUT2D eigenvalue weighted by Gasteiger charge is -2.31. The number of hydrogen-bond donors (Lipinski definition) is 0. The van der Waals surface area contributed by atoms with Crippen molar-refractivity contribution in [3.05, 3.63) is 12.8 Å². The number of rotatable bonds is 9. The fourth-order valence-electron chi connectivity index (χ4n) is 4.44. The van der Waals surface area contributed by atoms with Crippen molar-refractivity contribution in [3.63, 3.8) is 0 Å². The van der Waals surface area contributed by atoms with E-state index >= 15 is 0 Å². The van der Waals surface area contributed by atoms with Crippen molar-refractivity contribution >= 4 is 0 Å². The minimum atomic E-state index is -0.708. The third kappa shape index (κ3) is 9.07. The lowest BCUT2D eigenvalue weighted by Crippen LogP contribution is -2.43. The lowest BCUT2D eigenvalue weighted by molar-refractivity contribution is -0.204. The van der Waals surface area contributed by atoms with E-state index in [1.807, 2.05) is 41.5 Å². The number of nitrogens with zero attached hydrogens (tertiary/aromatic N) is 3. The van der Waals surface area contributed by atoms with Crippen LogP contribution in [0.4, 0.5) is 0 Å². The Bertz CT molecular complexity index is 589. The highest BCUT2D eigenvalue weighted by Gasteiger charge is 2.35. The van der Waals surface area contributed by atoms with Gasteiger partial charge in [-0.25, -0.2) is 0 Å². The Morgan fingerprint density at radius 1 is 0.818 bits per heavy atom. The van der Waals surface area contributed by atoms with Gasteiger partial charge < -0.3 is 28.4 Å². The van der Waals surface area contributed by atoms with E-state index in [0.29, 0.717) is 19.9 Å². The van der Waals surface area contributed by atoms with Gasteiger partial charge in [-0.15, -0.1) is 0 Å². The summed E-state index contributed by atoms with van der Waals surface area (Å²) in [7, 11) is 0. The van der Waals surface area contributed by atoms with Crippen molar-refractivity contribution in [1.82, 2.24) is 14.7 Å². The van der Waals surface area contributed by atoms with Crippen LogP contribution in [0.3, 0.4) is 0 Å². The first-order valence-corrected chi connectivity index (χ1v) is 12.2. The normalized spacial score (nSPS) is 30.0. The summed E-state index contributed by atoms with van der Waals surface area (Å²) < 4.78 is 35.3. The van der Waals surface area contributed by atoms with Gasteiger partial charge in [0, 0.05) is 66.2 Å². The summed E-state index contributed by atoms with van der Waals surface area (Å²) in [6.07, 6.45) is 1.61. The minimum Gasteiger partial charge on any atom is -0.471 e. The van der Waals surface area contributed by atoms with E-state index < -0.39 is 17.4 Å². The molecule has 0 N–H and O–H groups in total. The summed E-state index contributed by atoms with van der Waals surface area (Å²) in [5, 5.41) is 0. The second-order valence-corrected chi connectivity index (χ2v) is 10.6. The summed E-state index contributed by atoms with van der Waals surface area (Å²) in [4.78, 5) is 7.29. The Morgan fingerprint density at radius 3 is 1.61 bits per heavy atom. The molecule has 3 heterocycles. The molecule has 192 valence electrons. The van der Waals surface area contributed by atoms with Crippen molar-refractivity contribution in [3.8, 4) is 0 Å². The summed E-state index contributed by atoms with van der Waals surface area (Å²) in [6.45, 7) is 24.5. The molecule has 3 fully saturated rings. The second-order valence-electron chi connectivity index (χ2n) is 10.6. The molecule has 0 amide bonds. The van der Waals surface area contributed by atoms with Crippen LogP contribution in [0, 0.1) is 0 Å². The molecule has 3 rings (SSSR count). The van der Waals surface area contributed by atoms with Gasteiger partial charge >= 0.3 is 0 Å². The molecule has 0 aromatic carbocycles. The topological polar surface area (TPSA) is 65.1 Å². The lowest BCUT2D eigenvalue weighted by atomic mass is 10.3. The van der Waals surface area contributed by atoms with Crippen LogP contribution in [-0.2, 0) is 28.4 Å². The average Bonchev–Trinajstić information content (AvgIpc) is 3.26. The molecule has 2 unspecified atom stereocenters. The van der Waals surface area contributed by atoms with Crippen LogP contribution < -0.4 is 0 Å². The molecule has 3 aliphatic heterocycles. The molecule has 9 nitrogen and oxygen atoms in total. The molecule has 33 heavy (non-hydrogen) atoms. The zero-order valence-corrected chi connectivity index (χ0v) is 21.5. The van der Waals surface area contributed by atoms with Gasteiger partial charge in [0.25, 0.3) is 0 Å². The Kier molecular flexibility index (Phi) is 9.19. The van der Waals surface area contributed by atoms with E-state index in [4.69, 9.17) is 28.4 Å². The Labute approximate surface area is 199 Å². The van der Waals surface area contributed by atoms with Crippen LogP contribution >= 0.6 is 0 Å². The molecule has 0 radical (unpaired) electrons. The van der Waals surface area contributed by atoms with E-state index in [2.05, 4.69) is 21.3 Å². The van der Waals surface area contributed by atoms with Gasteiger partial charge in [-0.1, -0.05) is 6.58 Å². The van der Waals surface area contributed by atoms with Crippen LogP contribution in [0.1, 0.15) is 41.5 Å². The standard InChI is InChI=1S/C24H45N3O6/c1-8-28-22(2,3)31-19-27-13-11-25(15-20-17-29-23(4,5)32-20)9-10-26(12-14-27)16-21-18-30-24(6,7)33-21/h8,20-21H,1,9-19H2,2-7H3. The maximum Gasteiger partial charge on any atom is 0.205 e. The van der Waals surface area contributed by atoms with Crippen molar-refractivity contribution in [1.29, 1.82) is 0 Å². The highest BCUT2D eigenvalue weighted by Crippen LogP contribution is 2.24. The zero-order chi connectivity index (χ0) is 24.1. The summed E-state index contributed by atoms with van der Waals surface area (Å²) in [5.74, 6) is -1.71. The van der Waals surface area contributed by atoms with Crippen LogP contribution in [0.5, 0.6) is 0 Å². The molecular formula is C24H45N3O6. The fraction of sp³-hybridized carbons (Fsp3) is 0.917. The van der Waals surface area contributed by atoms with Gasteiger partial charge in [-0.3, -0.25) is 14.7 Å². The Hall–Kier alpha value is -0.780. The van der Waals surface area contributed by atoms with Crippen LogP contribution in [0.2, 0.25) is 0 Å². The quantitative estimate of drug-likeness (QED) is 0.371. The molecule has 2 atom stereocenters. The molecule has 3 aliphatic rings. The first-order valence-electron chi connectivity index (χ1n) is 12.2. The van der Waals surface area contributed by atoms with Gasteiger partial charge in [0.1, 0.15) is 6.73 Å². The highest BCUT2D eigenvalue weighted by atomic mass is 16.7. The van der Waals surface area contributed by atoms with Gasteiger partial charge in [-0.2, -0.15) is 0 Å². The van der Waals surface area contributed by atoms with E-state index in [1.165, 1.54) is 6.26 Å². The molecule has 0 aliphatic carbocycles. The second kappa shape index (κ2) is 11.3. The predicted molar refractivity (Wildman–Crippen MR) is 126 cm³/mol. The molecule has 0 aromatic rings. The van der Waals surface area contributed by atoms with Crippen molar-refractivity contribution in [2.75, 3.05) is 72.3 Å². The Morgan fingerprint density at radius 2 is 1.24 bits per heavy atom. The molecule has 3 saturated heterocycles. The van der Waals surface area contributed by atoms with Gasteiger partial charge in [0.15, 0.2) is 11.6 Å². The van der Waals surface area contributed by atoms with E-state index in [9.17, 15) is 0 Å². The van der Waals surface area contributed by atoms with Crippen LogP contribution in [0.25, 0.3) is 0 Å². The summed E-state index contributed by atoms with van der Waals surface area (Å²) in [5.41, 5.74) is 0. The minimum absolute atomic E-state index is 0.0891. The first-order chi connectivity index (χ1) is 15.5. The maximum absolute atomic E-state index is 6.08. The highest BCUT2D eigenvalue weighted by molar-refractivity contribution is 4.80. The van der Waals surface area contributed by atoms with Crippen molar-refractivity contribution in [2.24, 2.45) is 0 Å².